The summed E-state index contributed by atoms with van der Waals surface area (Å²) >= 11 is 4.21. The first-order valence-corrected chi connectivity index (χ1v) is 5.60. The zero-order valence-corrected chi connectivity index (χ0v) is 10.5. The van der Waals surface area contributed by atoms with Crippen molar-refractivity contribution in [3.63, 3.8) is 0 Å². The highest BCUT2D eigenvalue weighted by Crippen LogP contribution is 2.25. The number of carbonyl (C=O) groups excluding carboxylic acids is 2. The van der Waals surface area contributed by atoms with Gasteiger partial charge in [0.2, 0.25) is 0 Å². The lowest BCUT2D eigenvalue weighted by Gasteiger charge is -1.99. The van der Waals surface area contributed by atoms with Gasteiger partial charge >= 0.3 is 0 Å². The van der Waals surface area contributed by atoms with Crippen molar-refractivity contribution in [3.05, 3.63) is 30.4 Å². The van der Waals surface area contributed by atoms with Gasteiger partial charge in [-0.25, -0.2) is 0 Å². The van der Waals surface area contributed by atoms with E-state index in [9.17, 15) is 9.59 Å². The molecule has 0 saturated heterocycles. The summed E-state index contributed by atoms with van der Waals surface area (Å²) in [7, 11) is 0. The monoisotopic (exact) mass is 399 g/mol. The highest BCUT2D eigenvalue weighted by atomic mass is 127. The van der Waals surface area contributed by atoms with Gasteiger partial charge in [0.15, 0.2) is 0 Å². The first-order valence-electron chi connectivity index (χ1n) is 3.45. The number of halogens is 2. The number of imide groups is 1. The molecule has 1 heterocycles. The van der Waals surface area contributed by atoms with Gasteiger partial charge in [-0.3, -0.25) is 14.9 Å². The third-order valence-corrected chi connectivity index (χ3v) is 4.85. The van der Waals surface area contributed by atoms with E-state index >= 15 is 0 Å². The number of amides is 2. The van der Waals surface area contributed by atoms with Crippen molar-refractivity contribution in [2.75, 3.05) is 0 Å². The van der Waals surface area contributed by atoms with Gasteiger partial charge in [-0.1, -0.05) is 0 Å². The number of hydrogen-bond acceptors (Lipinski definition) is 2. The molecule has 3 nitrogen and oxygen atoms in total. The molecule has 0 saturated carbocycles. The van der Waals surface area contributed by atoms with Crippen molar-refractivity contribution < 1.29 is 9.59 Å². The molecule has 66 valence electrons. The van der Waals surface area contributed by atoms with E-state index in [0.717, 1.165) is 7.14 Å². The summed E-state index contributed by atoms with van der Waals surface area (Å²) in [5, 5.41) is 2.26. The summed E-state index contributed by atoms with van der Waals surface area (Å²) in [6.07, 6.45) is 0. The lowest BCUT2D eigenvalue weighted by molar-refractivity contribution is 0.0879. The summed E-state index contributed by atoms with van der Waals surface area (Å²) < 4.78 is 1.83. The Morgan fingerprint density at radius 1 is 1.08 bits per heavy atom. The minimum atomic E-state index is -0.297. The predicted molar refractivity (Wildman–Crippen MR) is 63.7 cm³/mol. The van der Waals surface area contributed by atoms with Crippen molar-refractivity contribution in [1.29, 1.82) is 0 Å². The van der Waals surface area contributed by atoms with Crippen LogP contribution in [0.5, 0.6) is 0 Å². The van der Waals surface area contributed by atoms with E-state index in [4.69, 9.17) is 0 Å². The third-order valence-electron chi connectivity index (χ3n) is 1.79. The zero-order chi connectivity index (χ0) is 9.59. The number of hydrogen-bond donors (Lipinski definition) is 1. The molecule has 2 rings (SSSR count). The van der Waals surface area contributed by atoms with Gasteiger partial charge < -0.3 is 0 Å². The molecule has 0 atom stereocenters. The molecule has 0 aliphatic carbocycles. The summed E-state index contributed by atoms with van der Waals surface area (Å²) in [5.74, 6) is -0.586. The summed E-state index contributed by atoms with van der Waals surface area (Å²) in [5.41, 5.74) is 0.993. The molecule has 1 aromatic rings. The molecule has 1 N–H and O–H groups in total. The molecule has 0 aromatic heterocycles. The molecule has 1 aliphatic rings. The summed E-state index contributed by atoms with van der Waals surface area (Å²) in [6, 6.07) is 3.51. The summed E-state index contributed by atoms with van der Waals surface area (Å²) in [6.45, 7) is 0. The van der Waals surface area contributed by atoms with E-state index in [1.165, 1.54) is 0 Å². The smallest absolute Gasteiger partial charge is 0.260 e. The Labute approximate surface area is 102 Å². The van der Waals surface area contributed by atoms with Crippen LogP contribution in [0.2, 0.25) is 0 Å². The van der Waals surface area contributed by atoms with Gasteiger partial charge in [-0.15, -0.1) is 0 Å². The van der Waals surface area contributed by atoms with Crippen LogP contribution in [0.1, 0.15) is 20.7 Å². The normalized spacial score (nSPS) is 14.3. The predicted octanol–water partition coefficient (Wildman–Crippen LogP) is 1.78. The van der Waals surface area contributed by atoms with Crippen molar-refractivity contribution in [2.45, 2.75) is 0 Å². The average molecular weight is 399 g/mol. The van der Waals surface area contributed by atoms with E-state index in [1.54, 1.807) is 6.07 Å². The van der Waals surface area contributed by atoms with Gasteiger partial charge in [-0.05, 0) is 57.3 Å². The lowest BCUT2D eigenvalue weighted by atomic mass is 10.1. The van der Waals surface area contributed by atoms with Gasteiger partial charge in [0.05, 0.1) is 11.1 Å². The Balaban J connectivity index is 2.78. The molecule has 0 radical (unpaired) electrons. The Kier molecular flexibility index (Phi) is 2.30. The fourth-order valence-corrected chi connectivity index (χ4v) is 2.36. The van der Waals surface area contributed by atoms with E-state index in [-0.39, 0.29) is 11.8 Å². The van der Waals surface area contributed by atoms with Gasteiger partial charge in [0.25, 0.3) is 11.8 Å². The minimum absolute atomic E-state index is 0.289. The average Bonchev–Trinajstić information content (AvgIpc) is 2.35. The minimum Gasteiger partial charge on any atom is -0.288 e. The van der Waals surface area contributed by atoms with Gasteiger partial charge in [0, 0.05) is 7.14 Å². The van der Waals surface area contributed by atoms with E-state index in [0.29, 0.717) is 11.1 Å². The summed E-state index contributed by atoms with van der Waals surface area (Å²) in [4.78, 5) is 22.5. The van der Waals surface area contributed by atoms with Crippen LogP contribution in [0.3, 0.4) is 0 Å². The lowest BCUT2D eigenvalue weighted by Crippen LogP contribution is -2.20. The number of carbonyl (C=O) groups is 2. The van der Waals surface area contributed by atoms with Crippen molar-refractivity contribution in [1.82, 2.24) is 5.32 Å². The third kappa shape index (κ3) is 1.37. The van der Waals surface area contributed by atoms with Crippen LogP contribution in [0.15, 0.2) is 12.1 Å². The molecule has 1 aromatic carbocycles. The van der Waals surface area contributed by atoms with E-state index in [2.05, 4.69) is 50.5 Å². The second-order valence-corrected chi connectivity index (χ2v) is 4.81. The second kappa shape index (κ2) is 3.19. The fraction of sp³-hybridized carbons (Fsp3) is 0. The number of rotatable bonds is 0. The Bertz CT molecular complexity index is 428. The number of fused-ring (bicyclic) bond motifs is 1. The van der Waals surface area contributed by atoms with Crippen LogP contribution < -0.4 is 5.32 Å². The largest absolute Gasteiger partial charge is 0.288 e. The van der Waals surface area contributed by atoms with Crippen LogP contribution in [0.25, 0.3) is 0 Å². The molecular weight excluding hydrogens is 396 g/mol. The van der Waals surface area contributed by atoms with Crippen molar-refractivity contribution >= 4 is 57.0 Å². The molecule has 0 bridgehead atoms. The van der Waals surface area contributed by atoms with Crippen LogP contribution in [0.4, 0.5) is 0 Å². The van der Waals surface area contributed by atoms with Gasteiger partial charge in [-0.2, -0.15) is 0 Å². The van der Waals surface area contributed by atoms with Crippen molar-refractivity contribution in [3.8, 4) is 0 Å². The number of benzene rings is 1. The Hall–Kier alpha value is -0.180. The molecule has 0 fully saturated rings. The van der Waals surface area contributed by atoms with E-state index < -0.39 is 0 Å². The maximum atomic E-state index is 11.3. The van der Waals surface area contributed by atoms with Crippen LogP contribution in [-0.2, 0) is 0 Å². The SMILES string of the molecule is O=C1NC(=O)c2c1ccc(I)c2I. The first-order chi connectivity index (χ1) is 6.11. The van der Waals surface area contributed by atoms with Crippen molar-refractivity contribution in [2.24, 2.45) is 0 Å². The molecular formula is C8H3I2NO2. The van der Waals surface area contributed by atoms with Crippen LogP contribution >= 0.6 is 45.2 Å². The molecule has 13 heavy (non-hydrogen) atoms. The maximum absolute atomic E-state index is 11.3. The zero-order valence-electron chi connectivity index (χ0n) is 6.23. The fourth-order valence-electron chi connectivity index (χ4n) is 1.19. The van der Waals surface area contributed by atoms with Gasteiger partial charge in [0.1, 0.15) is 0 Å². The molecule has 2 amide bonds. The van der Waals surface area contributed by atoms with Crippen LogP contribution in [-0.4, -0.2) is 11.8 Å². The molecule has 1 aliphatic heterocycles. The topological polar surface area (TPSA) is 46.2 Å². The second-order valence-electron chi connectivity index (χ2n) is 2.57. The Morgan fingerprint density at radius 3 is 2.46 bits per heavy atom. The first kappa shape index (κ1) is 9.38. The molecule has 5 heteroatoms. The molecule has 0 spiro atoms. The Morgan fingerprint density at radius 2 is 1.77 bits per heavy atom. The van der Waals surface area contributed by atoms with E-state index in [1.807, 2.05) is 6.07 Å². The highest BCUT2D eigenvalue weighted by Gasteiger charge is 2.29. The quantitative estimate of drug-likeness (QED) is 0.535. The highest BCUT2D eigenvalue weighted by molar-refractivity contribution is 14.1. The maximum Gasteiger partial charge on any atom is 0.260 e. The van der Waals surface area contributed by atoms with Crippen LogP contribution in [0, 0.1) is 7.14 Å². The standard InChI is InChI=1S/C8H3I2NO2/c9-4-2-1-3-5(6(4)10)8(13)11-7(3)12/h1-2H,(H,11,12,13). The molecule has 0 unspecified atom stereocenters. The number of nitrogens with one attached hydrogen (secondary N) is 1.